The van der Waals surface area contributed by atoms with E-state index in [0.29, 0.717) is 0 Å². The summed E-state index contributed by atoms with van der Waals surface area (Å²) in [5, 5.41) is 9.70. The molecular formula is C12H13N5S. The van der Waals surface area contributed by atoms with E-state index < -0.39 is 0 Å². The number of nitrogens with zero attached hydrogens (tertiary/aromatic N) is 4. The van der Waals surface area contributed by atoms with Crippen molar-refractivity contribution in [1.29, 1.82) is 0 Å². The maximum Gasteiger partial charge on any atom is 0.147 e. The Kier molecular flexibility index (Phi) is 2.71. The molecule has 0 unspecified atom stereocenters. The Bertz CT molecular complexity index is 685. The predicted octanol–water partition coefficient (Wildman–Crippen LogP) is 2.35. The van der Waals surface area contributed by atoms with Gasteiger partial charge in [-0.25, -0.2) is 9.97 Å². The number of hydrogen-bond acceptors (Lipinski definition) is 5. The third kappa shape index (κ3) is 1.95. The summed E-state index contributed by atoms with van der Waals surface area (Å²) >= 11 is 1.65. The topological polar surface area (TPSA) is 55.6 Å². The third-order valence-corrected chi connectivity index (χ3v) is 3.71. The average Bonchev–Trinajstić information content (AvgIpc) is 2.93. The molecule has 92 valence electrons. The number of fused-ring (bicyclic) bond motifs is 1. The lowest BCUT2D eigenvalue weighted by molar-refractivity contribution is 0.756. The maximum absolute atomic E-state index is 4.32. The van der Waals surface area contributed by atoms with Gasteiger partial charge >= 0.3 is 0 Å². The minimum atomic E-state index is 0.726. The monoisotopic (exact) mass is 259 g/mol. The molecule has 3 aromatic heterocycles. The van der Waals surface area contributed by atoms with E-state index in [1.54, 1.807) is 17.7 Å². The number of rotatable bonds is 3. The molecule has 3 aromatic rings. The van der Waals surface area contributed by atoms with E-state index in [4.69, 9.17) is 0 Å². The van der Waals surface area contributed by atoms with Crippen LogP contribution in [0.25, 0.3) is 10.2 Å². The van der Waals surface area contributed by atoms with E-state index in [1.807, 2.05) is 36.3 Å². The molecule has 0 aromatic carbocycles. The molecular weight excluding hydrogens is 246 g/mol. The van der Waals surface area contributed by atoms with E-state index in [2.05, 4.69) is 20.4 Å². The molecule has 0 aliphatic carbocycles. The fraction of sp³-hybridized carbons (Fsp3) is 0.250. The predicted molar refractivity (Wildman–Crippen MR) is 72.7 cm³/mol. The van der Waals surface area contributed by atoms with Crippen molar-refractivity contribution in [1.82, 2.24) is 19.7 Å². The zero-order chi connectivity index (χ0) is 12.5. The van der Waals surface area contributed by atoms with Crippen LogP contribution in [0.1, 0.15) is 11.3 Å². The van der Waals surface area contributed by atoms with Gasteiger partial charge in [-0.2, -0.15) is 5.10 Å². The van der Waals surface area contributed by atoms with Gasteiger partial charge in [-0.3, -0.25) is 4.68 Å². The lowest BCUT2D eigenvalue weighted by Gasteiger charge is -2.04. The highest BCUT2D eigenvalue weighted by Crippen LogP contribution is 2.25. The van der Waals surface area contributed by atoms with Gasteiger partial charge in [0.2, 0.25) is 0 Å². The zero-order valence-corrected chi connectivity index (χ0v) is 11.0. The summed E-state index contributed by atoms with van der Waals surface area (Å²) in [4.78, 5) is 8.51. The Balaban J connectivity index is 1.85. The lowest BCUT2D eigenvalue weighted by atomic mass is 10.2. The van der Waals surface area contributed by atoms with Gasteiger partial charge in [0, 0.05) is 25.4 Å². The van der Waals surface area contributed by atoms with E-state index in [1.165, 1.54) is 5.56 Å². The first-order chi connectivity index (χ1) is 8.74. The van der Waals surface area contributed by atoms with Crippen molar-refractivity contribution in [3.63, 3.8) is 0 Å². The van der Waals surface area contributed by atoms with Crippen molar-refractivity contribution in [3.05, 3.63) is 35.2 Å². The molecule has 0 amide bonds. The first kappa shape index (κ1) is 11.2. The lowest BCUT2D eigenvalue weighted by Crippen LogP contribution is -2.02. The Morgan fingerprint density at radius 1 is 1.39 bits per heavy atom. The molecule has 0 atom stereocenters. The van der Waals surface area contributed by atoms with E-state index in [-0.39, 0.29) is 0 Å². The highest BCUT2D eigenvalue weighted by atomic mass is 32.1. The third-order valence-electron chi connectivity index (χ3n) is 2.80. The molecule has 0 aliphatic rings. The fourth-order valence-corrected chi connectivity index (χ4v) is 2.73. The van der Waals surface area contributed by atoms with E-state index in [0.717, 1.165) is 28.3 Å². The summed E-state index contributed by atoms with van der Waals surface area (Å²) in [5.74, 6) is 0.887. The molecule has 0 radical (unpaired) electrons. The summed E-state index contributed by atoms with van der Waals surface area (Å²) in [6.45, 7) is 2.74. The van der Waals surface area contributed by atoms with Gasteiger partial charge in [0.1, 0.15) is 12.1 Å². The maximum atomic E-state index is 4.32. The van der Waals surface area contributed by atoms with Gasteiger partial charge in [0.25, 0.3) is 0 Å². The van der Waals surface area contributed by atoms with Crippen LogP contribution in [0.5, 0.6) is 0 Å². The quantitative estimate of drug-likeness (QED) is 0.784. The zero-order valence-electron chi connectivity index (χ0n) is 10.2. The van der Waals surface area contributed by atoms with Gasteiger partial charge in [-0.1, -0.05) is 0 Å². The van der Waals surface area contributed by atoms with Crippen LogP contribution in [0.4, 0.5) is 5.82 Å². The normalized spacial score (nSPS) is 11.0. The number of aryl methyl sites for hydroxylation is 2. The molecule has 3 rings (SSSR count). The molecule has 0 spiro atoms. The molecule has 0 bridgehead atoms. The second-order valence-electron chi connectivity index (χ2n) is 4.12. The van der Waals surface area contributed by atoms with Crippen LogP contribution in [0, 0.1) is 6.92 Å². The number of thiophene rings is 1. The Labute approximate surface area is 109 Å². The van der Waals surface area contributed by atoms with Gasteiger partial charge in [-0.05, 0) is 18.4 Å². The van der Waals surface area contributed by atoms with Crippen LogP contribution in [0.15, 0.2) is 24.0 Å². The molecule has 0 saturated carbocycles. The SMILES string of the molecule is Cc1nn(C)cc1CNc1ncnc2ccsc12. The van der Waals surface area contributed by atoms with Crippen molar-refractivity contribution in [2.75, 3.05) is 5.32 Å². The van der Waals surface area contributed by atoms with Gasteiger partial charge in [-0.15, -0.1) is 11.3 Å². The van der Waals surface area contributed by atoms with Crippen molar-refractivity contribution in [2.24, 2.45) is 7.05 Å². The molecule has 1 N–H and O–H groups in total. The number of hydrogen-bond donors (Lipinski definition) is 1. The number of anilines is 1. The van der Waals surface area contributed by atoms with Crippen LogP contribution < -0.4 is 5.32 Å². The molecule has 5 nitrogen and oxygen atoms in total. The van der Waals surface area contributed by atoms with E-state index >= 15 is 0 Å². The Hall–Kier alpha value is -1.95. The highest BCUT2D eigenvalue weighted by molar-refractivity contribution is 7.17. The van der Waals surface area contributed by atoms with E-state index in [9.17, 15) is 0 Å². The van der Waals surface area contributed by atoms with Crippen LogP contribution >= 0.6 is 11.3 Å². The molecule has 18 heavy (non-hydrogen) atoms. The molecule has 3 heterocycles. The first-order valence-electron chi connectivity index (χ1n) is 5.65. The second-order valence-corrected chi connectivity index (χ2v) is 5.04. The molecule has 6 heteroatoms. The average molecular weight is 259 g/mol. The largest absolute Gasteiger partial charge is 0.365 e. The second kappa shape index (κ2) is 4.38. The minimum Gasteiger partial charge on any atom is -0.365 e. The first-order valence-corrected chi connectivity index (χ1v) is 6.53. The van der Waals surface area contributed by atoms with Crippen molar-refractivity contribution >= 4 is 27.4 Å². The summed E-state index contributed by atoms with van der Waals surface area (Å²) < 4.78 is 2.92. The van der Waals surface area contributed by atoms with Gasteiger partial charge in [0.15, 0.2) is 0 Å². The van der Waals surface area contributed by atoms with Crippen LogP contribution in [-0.4, -0.2) is 19.7 Å². The molecule has 0 fully saturated rings. The summed E-state index contributed by atoms with van der Waals surface area (Å²) in [6, 6.07) is 2.00. The van der Waals surface area contributed by atoms with Crippen molar-refractivity contribution < 1.29 is 0 Å². The van der Waals surface area contributed by atoms with Crippen LogP contribution in [0.2, 0.25) is 0 Å². The standard InChI is InChI=1S/C12H13N5S/c1-8-9(6-17(2)16-8)5-13-12-11-10(3-4-18-11)14-7-15-12/h3-4,6-7H,5H2,1-2H3,(H,13,14,15). The fourth-order valence-electron chi connectivity index (χ4n) is 1.92. The molecule has 0 aliphatic heterocycles. The number of aromatic nitrogens is 4. The highest BCUT2D eigenvalue weighted by Gasteiger charge is 2.07. The minimum absolute atomic E-state index is 0.726. The van der Waals surface area contributed by atoms with Crippen LogP contribution in [0.3, 0.4) is 0 Å². The van der Waals surface area contributed by atoms with Crippen LogP contribution in [-0.2, 0) is 13.6 Å². The van der Waals surface area contributed by atoms with Crippen molar-refractivity contribution in [2.45, 2.75) is 13.5 Å². The summed E-state index contributed by atoms with van der Waals surface area (Å²) in [5.41, 5.74) is 3.21. The van der Waals surface area contributed by atoms with Gasteiger partial charge in [0.05, 0.1) is 15.9 Å². The Morgan fingerprint density at radius 2 is 2.28 bits per heavy atom. The van der Waals surface area contributed by atoms with Crippen molar-refractivity contribution in [3.8, 4) is 0 Å². The van der Waals surface area contributed by atoms with Gasteiger partial charge < -0.3 is 5.32 Å². The Morgan fingerprint density at radius 3 is 3.06 bits per heavy atom. The smallest absolute Gasteiger partial charge is 0.147 e. The summed E-state index contributed by atoms with van der Waals surface area (Å²) in [6.07, 6.45) is 3.61. The number of nitrogens with one attached hydrogen (secondary N) is 1. The summed E-state index contributed by atoms with van der Waals surface area (Å²) in [7, 11) is 1.93. The molecule has 0 saturated heterocycles.